The zero-order valence-corrected chi connectivity index (χ0v) is 28.5. The minimum absolute atomic E-state index is 0.0189. The summed E-state index contributed by atoms with van der Waals surface area (Å²) in [6, 6.07) is 26.8. The summed E-state index contributed by atoms with van der Waals surface area (Å²) in [5.74, 6) is -3.44. The minimum atomic E-state index is -1.17. The molecule has 0 N–H and O–H groups in total. The van der Waals surface area contributed by atoms with Crippen molar-refractivity contribution in [3.8, 4) is 11.1 Å². The summed E-state index contributed by atoms with van der Waals surface area (Å²) >= 11 is 0. The molecule has 0 spiro atoms. The normalized spacial score (nSPS) is 21.5. The molecule has 4 aromatic rings. The lowest BCUT2D eigenvalue weighted by molar-refractivity contribution is 0.140. The first-order chi connectivity index (χ1) is 24.4. The number of rotatable bonds is 9. The third kappa shape index (κ3) is 6.37. The summed E-state index contributed by atoms with van der Waals surface area (Å²) < 4.78 is 48.7. The van der Waals surface area contributed by atoms with Crippen LogP contribution >= 0.6 is 0 Å². The lowest BCUT2D eigenvalue weighted by atomic mass is 9.80. The highest BCUT2D eigenvalue weighted by Crippen LogP contribution is 2.44. The molecule has 0 aliphatic heterocycles. The van der Waals surface area contributed by atoms with Crippen molar-refractivity contribution < 1.29 is 13.2 Å². The first-order valence-corrected chi connectivity index (χ1v) is 17.7. The molecule has 0 heterocycles. The van der Waals surface area contributed by atoms with E-state index < -0.39 is 23.4 Å². The second-order valence-electron chi connectivity index (χ2n) is 13.7. The highest BCUT2D eigenvalue weighted by molar-refractivity contribution is 5.79. The maximum absolute atomic E-state index is 16.4. The average Bonchev–Trinajstić information content (AvgIpc) is 3.16. The molecule has 0 bridgehead atoms. The standard InChI is InChI=1S/C45H43F3N2/c1-3-39-40(32-24-28-38(29-25-32)50(37-20-12-6-13-21-37)45(2)30-14-7-15-31-45)43(47)44(48)41(42(39)46)33-22-26-36(27-23-33)49(34-16-8-4-9-17-34)35-18-10-5-11-19-35/h3-5,7-11,14-20,22-24,26-28,30,32,38H,1,6,12-13,21,25,29,31H2,2H3. The Morgan fingerprint density at radius 3 is 2.00 bits per heavy atom. The van der Waals surface area contributed by atoms with Crippen molar-refractivity contribution in [2.75, 3.05) is 4.90 Å². The molecule has 0 aromatic heterocycles. The number of hydrogen-bond donors (Lipinski definition) is 0. The fourth-order valence-electron chi connectivity index (χ4n) is 8.00. The lowest BCUT2D eigenvalue weighted by Gasteiger charge is -2.49. The Kier molecular flexibility index (Phi) is 9.67. The third-order valence-electron chi connectivity index (χ3n) is 10.4. The molecule has 0 amide bonds. The molecule has 3 unspecified atom stereocenters. The lowest BCUT2D eigenvalue weighted by Crippen LogP contribution is -2.50. The van der Waals surface area contributed by atoms with Gasteiger partial charge in [0.2, 0.25) is 0 Å². The fraction of sp³-hybridized carbons (Fsp3) is 0.244. The number of nitrogens with zero attached hydrogens (tertiary/aromatic N) is 2. The molecule has 5 heteroatoms. The Hall–Kier alpha value is -5.03. The van der Waals surface area contributed by atoms with E-state index in [-0.39, 0.29) is 33.8 Å². The topological polar surface area (TPSA) is 6.48 Å². The van der Waals surface area contributed by atoms with E-state index in [2.05, 4.69) is 59.8 Å². The largest absolute Gasteiger partial charge is 0.360 e. The van der Waals surface area contributed by atoms with E-state index in [1.807, 2.05) is 78.9 Å². The van der Waals surface area contributed by atoms with Gasteiger partial charge in [0.05, 0.1) is 11.1 Å². The van der Waals surface area contributed by atoms with Crippen LogP contribution in [0.4, 0.5) is 30.2 Å². The van der Waals surface area contributed by atoms with Gasteiger partial charge in [-0.05, 0) is 93.8 Å². The zero-order chi connectivity index (χ0) is 34.7. The Bertz CT molecular complexity index is 1920. The predicted octanol–water partition coefficient (Wildman–Crippen LogP) is 12.7. The van der Waals surface area contributed by atoms with E-state index in [0.717, 1.165) is 49.2 Å². The first-order valence-electron chi connectivity index (χ1n) is 17.7. The summed E-state index contributed by atoms with van der Waals surface area (Å²) in [6.07, 6.45) is 23.1. The molecule has 0 radical (unpaired) electrons. The van der Waals surface area contributed by atoms with E-state index in [0.29, 0.717) is 6.42 Å². The van der Waals surface area contributed by atoms with E-state index in [4.69, 9.17) is 0 Å². The molecular formula is C45H43F3N2. The van der Waals surface area contributed by atoms with Gasteiger partial charge in [0.15, 0.2) is 11.6 Å². The SMILES string of the molecule is C=Cc1c(F)c(-c2ccc(N(c3ccccc3)c3ccccc3)cc2)c(F)c(F)c1C1C=CC(N(C2=CCCCC2)C2(C)C=CC=CC2)CC1. The molecule has 2 nitrogen and oxygen atoms in total. The van der Waals surface area contributed by atoms with Crippen molar-refractivity contribution in [1.29, 1.82) is 0 Å². The number of para-hydroxylation sites is 2. The van der Waals surface area contributed by atoms with Gasteiger partial charge < -0.3 is 9.80 Å². The minimum Gasteiger partial charge on any atom is -0.360 e. The third-order valence-corrected chi connectivity index (χ3v) is 10.4. The Balaban J connectivity index is 1.20. The van der Waals surface area contributed by atoms with Crippen LogP contribution in [-0.2, 0) is 0 Å². The van der Waals surface area contributed by atoms with Crippen molar-refractivity contribution in [2.24, 2.45) is 0 Å². The molecule has 3 atom stereocenters. The second-order valence-corrected chi connectivity index (χ2v) is 13.7. The number of halogens is 3. The van der Waals surface area contributed by atoms with Crippen LogP contribution in [0.5, 0.6) is 0 Å². The van der Waals surface area contributed by atoms with Crippen LogP contribution in [0.2, 0.25) is 0 Å². The summed E-state index contributed by atoms with van der Waals surface area (Å²) in [5.41, 5.74) is 3.81. The van der Waals surface area contributed by atoms with Crippen molar-refractivity contribution in [3.63, 3.8) is 0 Å². The van der Waals surface area contributed by atoms with Gasteiger partial charge in [-0.15, -0.1) is 0 Å². The predicted molar refractivity (Wildman–Crippen MR) is 201 cm³/mol. The molecule has 7 rings (SSSR count). The van der Waals surface area contributed by atoms with Gasteiger partial charge in [-0.2, -0.15) is 0 Å². The van der Waals surface area contributed by atoms with Crippen LogP contribution in [0, 0.1) is 17.5 Å². The molecule has 0 saturated heterocycles. The van der Waals surface area contributed by atoms with Crippen molar-refractivity contribution in [3.05, 3.63) is 168 Å². The molecule has 3 aliphatic carbocycles. The smallest absolute Gasteiger partial charge is 0.169 e. The Morgan fingerprint density at radius 2 is 1.44 bits per heavy atom. The van der Waals surface area contributed by atoms with Crippen LogP contribution in [0.25, 0.3) is 17.2 Å². The van der Waals surface area contributed by atoms with Gasteiger partial charge in [0.1, 0.15) is 5.82 Å². The molecule has 254 valence electrons. The van der Waals surface area contributed by atoms with Crippen LogP contribution in [0.15, 0.2) is 140 Å². The van der Waals surface area contributed by atoms with E-state index in [1.54, 1.807) is 12.1 Å². The van der Waals surface area contributed by atoms with Crippen LogP contribution in [0.3, 0.4) is 0 Å². The molecule has 0 saturated carbocycles. The highest BCUT2D eigenvalue weighted by atomic mass is 19.2. The Labute approximate surface area is 294 Å². The zero-order valence-electron chi connectivity index (χ0n) is 28.5. The molecule has 0 fully saturated rings. The van der Waals surface area contributed by atoms with Gasteiger partial charge in [0, 0.05) is 45.8 Å². The number of hydrogen-bond acceptors (Lipinski definition) is 2. The Morgan fingerprint density at radius 1 is 0.760 bits per heavy atom. The first kappa shape index (κ1) is 33.5. The number of allylic oxidation sites excluding steroid dienone is 5. The highest BCUT2D eigenvalue weighted by Gasteiger charge is 2.37. The maximum Gasteiger partial charge on any atom is 0.169 e. The van der Waals surface area contributed by atoms with Gasteiger partial charge in [-0.1, -0.05) is 104 Å². The summed E-state index contributed by atoms with van der Waals surface area (Å²) in [4.78, 5) is 4.60. The van der Waals surface area contributed by atoms with Crippen LogP contribution in [0.1, 0.15) is 68.9 Å². The molecule has 4 aromatic carbocycles. The van der Waals surface area contributed by atoms with Crippen molar-refractivity contribution >= 4 is 23.1 Å². The summed E-state index contributed by atoms with van der Waals surface area (Å²) in [7, 11) is 0. The molecular weight excluding hydrogens is 626 g/mol. The maximum atomic E-state index is 16.4. The monoisotopic (exact) mass is 668 g/mol. The van der Waals surface area contributed by atoms with Crippen LogP contribution in [-0.4, -0.2) is 16.5 Å². The number of anilines is 3. The van der Waals surface area contributed by atoms with E-state index in [9.17, 15) is 0 Å². The second kappa shape index (κ2) is 14.4. The van der Waals surface area contributed by atoms with Gasteiger partial charge >= 0.3 is 0 Å². The summed E-state index contributed by atoms with van der Waals surface area (Å²) in [5, 5.41) is 0. The van der Waals surface area contributed by atoms with Gasteiger partial charge in [-0.3, -0.25) is 0 Å². The summed E-state index contributed by atoms with van der Waals surface area (Å²) in [6.45, 7) is 6.11. The average molecular weight is 669 g/mol. The van der Waals surface area contributed by atoms with E-state index in [1.165, 1.54) is 18.2 Å². The van der Waals surface area contributed by atoms with Crippen molar-refractivity contribution in [2.45, 2.75) is 69.4 Å². The van der Waals surface area contributed by atoms with Gasteiger partial charge in [-0.25, -0.2) is 13.2 Å². The number of benzene rings is 4. The quantitative estimate of drug-likeness (QED) is 0.129. The van der Waals surface area contributed by atoms with E-state index >= 15 is 13.2 Å². The van der Waals surface area contributed by atoms with Crippen molar-refractivity contribution in [1.82, 2.24) is 4.90 Å². The molecule has 50 heavy (non-hydrogen) atoms. The molecule has 3 aliphatic rings. The van der Waals surface area contributed by atoms with Crippen LogP contribution < -0.4 is 4.90 Å². The van der Waals surface area contributed by atoms with Gasteiger partial charge in [0.25, 0.3) is 0 Å². The fourth-order valence-corrected chi connectivity index (χ4v) is 8.00.